The van der Waals surface area contributed by atoms with Gasteiger partial charge in [0.15, 0.2) is 5.65 Å². The molecule has 0 spiro atoms. The number of amides is 2. The van der Waals surface area contributed by atoms with E-state index in [1.165, 1.54) is 0 Å². The first-order chi connectivity index (χ1) is 19.4. The third-order valence-electron chi connectivity index (χ3n) is 7.78. The Morgan fingerprint density at radius 2 is 1.65 bits per heavy atom. The van der Waals surface area contributed by atoms with Gasteiger partial charge in [-0.25, -0.2) is 9.78 Å². The summed E-state index contributed by atoms with van der Waals surface area (Å²) in [6.07, 6.45) is 5.55. The van der Waals surface area contributed by atoms with Crippen LogP contribution in [0, 0.1) is 0 Å². The van der Waals surface area contributed by atoms with Gasteiger partial charge in [-0.05, 0) is 60.9 Å². The van der Waals surface area contributed by atoms with E-state index in [1.54, 1.807) is 6.20 Å². The molecule has 2 atom stereocenters. The monoisotopic (exact) mass is 540 g/mol. The lowest BCUT2D eigenvalue weighted by Crippen LogP contribution is -2.34. The van der Waals surface area contributed by atoms with Gasteiger partial charge in [0.2, 0.25) is 0 Å². The molecule has 0 bridgehead atoms. The Kier molecular flexibility index (Phi) is 8.28. The molecule has 4 aromatic rings. The maximum absolute atomic E-state index is 13.0. The molecule has 1 fully saturated rings. The SMILES string of the molecule is CCC(CC)c1cc(N[C@H]2CC[C@H](NC(=O)c3ccc(-c4ccc(CNC(=O)O)cc4)cc3)C2)n2nccc2n1. The molecule has 4 N–H and O–H groups in total. The minimum Gasteiger partial charge on any atom is -0.465 e. The second-order valence-corrected chi connectivity index (χ2v) is 10.4. The van der Waals surface area contributed by atoms with Crippen LogP contribution in [-0.4, -0.2) is 43.8 Å². The Balaban J connectivity index is 1.18. The molecule has 0 aliphatic heterocycles. The summed E-state index contributed by atoms with van der Waals surface area (Å²) in [7, 11) is 0. The first-order valence-electron chi connectivity index (χ1n) is 14.0. The standard InChI is InChI=1S/C31H36N6O3/c1-3-21(4-2)27-18-29(37-28(36-27)15-16-33-37)34-25-13-14-26(17-25)35-30(38)24-11-9-23(10-12-24)22-7-5-20(6-8-22)19-32-31(39)40/h5-12,15-16,18,21,25-26,32,34H,3-4,13-14,17,19H2,1-2H3,(H,35,38)(H,39,40)/t25-,26-/m0/s1. The molecule has 208 valence electrons. The van der Waals surface area contributed by atoms with Crippen molar-refractivity contribution >= 4 is 23.5 Å². The van der Waals surface area contributed by atoms with Crippen LogP contribution in [0.2, 0.25) is 0 Å². The summed E-state index contributed by atoms with van der Waals surface area (Å²) in [4.78, 5) is 28.5. The maximum atomic E-state index is 13.0. The fourth-order valence-corrected chi connectivity index (χ4v) is 5.48. The van der Waals surface area contributed by atoms with Crippen molar-refractivity contribution in [3.05, 3.63) is 83.7 Å². The highest BCUT2D eigenvalue weighted by Gasteiger charge is 2.27. The van der Waals surface area contributed by atoms with Gasteiger partial charge in [-0.3, -0.25) is 4.79 Å². The molecule has 1 saturated carbocycles. The zero-order valence-electron chi connectivity index (χ0n) is 22.9. The molecule has 40 heavy (non-hydrogen) atoms. The Morgan fingerprint density at radius 1 is 0.975 bits per heavy atom. The van der Waals surface area contributed by atoms with Gasteiger partial charge in [0.1, 0.15) is 5.82 Å². The largest absolute Gasteiger partial charge is 0.465 e. The number of hydrogen-bond acceptors (Lipinski definition) is 5. The minimum atomic E-state index is -1.04. The van der Waals surface area contributed by atoms with E-state index in [0.29, 0.717) is 11.5 Å². The Labute approximate surface area is 234 Å². The molecule has 1 aliphatic carbocycles. The van der Waals surface area contributed by atoms with E-state index in [4.69, 9.17) is 10.1 Å². The van der Waals surface area contributed by atoms with Gasteiger partial charge in [0.05, 0.1) is 6.20 Å². The van der Waals surface area contributed by atoms with Crippen molar-refractivity contribution in [2.45, 2.75) is 70.5 Å². The van der Waals surface area contributed by atoms with E-state index in [1.807, 2.05) is 59.1 Å². The van der Waals surface area contributed by atoms with Crippen LogP contribution in [0.25, 0.3) is 16.8 Å². The molecular formula is C31H36N6O3. The van der Waals surface area contributed by atoms with Crippen molar-refractivity contribution in [3.8, 4) is 11.1 Å². The van der Waals surface area contributed by atoms with E-state index in [2.05, 4.69) is 41.0 Å². The Morgan fingerprint density at radius 3 is 2.33 bits per heavy atom. The summed E-state index contributed by atoms with van der Waals surface area (Å²) in [5.74, 6) is 1.31. The van der Waals surface area contributed by atoms with Crippen molar-refractivity contribution in [3.63, 3.8) is 0 Å². The minimum absolute atomic E-state index is 0.0679. The summed E-state index contributed by atoms with van der Waals surface area (Å²) in [6.45, 7) is 4.66. The van der Waals surface area contributed by atoms with Crippen molar-refractivity contribution in [1.82, 2.24) is 25.2 Å². The van der Waals surface area contributed by atoms with E-state index in [9.17, 15) is 9.59 Å². The van der Waals surface area contributed by atoms with E-state index in [-0.39, 0.29) is 24.5 Å². The third kappa shape index (κ3) is 6.25. The molecule has 9 nitrogen and oxygen atoms in total. The molecule has 2 amide bonds. The van der Waals surface area contributed by atoms with Crippen LogP contribution in [0.15, 0.2) is 66.9 Å². The van der Waals surface area contributed by atoms with Crippen LogP contribution < -0.4 is 16.0 Å². The lowest BCUT2D eigenvalue weighted by Gasteiger charge is -2.19. The summed E-state index contributed by atoms with van der Waals surface area (Å²) in [5.41, 5.74) is 5.46. The van der Waals surface area contributed by atoms with Gasteiger partial charge in [-0.1, -0.05) is 50.2 Å². The fraction of sp³-hybridized carbons (Fsp3) is 0.355. The average molecular weight is 541 g/mol. The van der Waals surface area contributed by atoms with Gasteiger partial charge in [0, 0.05) is 47.9 Å². The predicted octanol–water partition coefficient (Wildman–Crippen LogP) is 5.83. The highest BCUT2D eigenvalue weighted by atomic mass is 16.4. The quantitative estimate of drug-likeness (QED) is 0.201. The second-order valence-electron chi connectivity index (χ2n) is 10.4. The molecule has 2 aromatic heterocycles. The molecule has 2 heterocycles. The van der Waals surface area contributed by atoms with Gasteiger partial charge in [-0.15, -0.1) is 0 Å². The number of fused-ring (bicyclic) bond motifs is 1. The average Bonchev–Trinajstić information content (AvgIpc) is 3.62. The summed E-state index contributed by atoms with van der Waals surface area (Å²) < 4.78 is 1.86. The second kappa shape index (κ2) is 12.2. The predicted molar refractivity (Wildman–Crippen MR) is 156 cm³/mol. The number of carbonyl (C=O) groups excluding carboxylic acids is 1. The zero-order valence-corrected chi connectivity index (χ0v) is 22.9. The van der Waals surface area contributed by atoms with Crippen LogP contribution in [0.1, 0.15) is 73.5 Å². The van der Waals surface area contributed by atoms with Crippen LogP contribution in [0.5, 0.6) is 0 Å². The summed E-state index contributed by atoms with van der Waals surface area (Å²) in [6, 6.07) is 19.7. The van der Waals surface area contributed by atoms with Crippen molar-refractivity contribution < 1.29 is 14.7 Å². The summed E-state index contributed by atoms with van der Waals surface area (Å²) in [5, 5.41) is 22.5. The molecule has 0 unspecified atom stereocenters. The van der Waals surface area contributed by atoms with Crippen molar-refractivity contribution in [2.24, 2.45) is 0 Å². The zero-order chi connectivity index (χ0) is 28.1. The highest BCUT2D eigenvalue weighted by Crippen LogP contribution is 2.28. The van der Waals surface area contributed by atoms with Crippen molar-refractivity contribution in [2.75, 3.05) is 5.32 Å². The first-order valence-corrected chi connectivity index (χ1v) is 14.0. The van der Waals surface area contributed by atoms with Crippen LogP contribution >= 0.6 is 0 Å². The normalized spacial score (nSPS) is 16.8. The lowest BCUT2D eigenvalue weighted by molar-refractivity contribution is 0.0937. The highest BCUT2D eigenvalue weighted by molar-refractivity contribution is 5.95. The molecule has 5 rings (SSSR count). The van der Waals surface area contributed by atoms with Gasteiger partial charge in [0.25, 0.3) is 5.91 Å². The van der Waals surface area contributed by atoms with Crippen LogP contribution in [0.3, 0.4) is 0 Å². The van der Waals surface area contributed by atoms with E-state index < -0.39 is 6.09 Å². The molecular weight excluding hydrogens is 504 g/mol. The van der Waals surface area contributed by atoms with Crippen LogP contribution in [-0.2, 0) is 6.54 Å². The molecule has 9 heteroatoms. The first kappa shape index (κ1) is 27.2. The third-order valence-corrected chi connectivity index (χ3v) is 7.78. The smallest absolute Gasteiger partial charge is 0.404 e. The number of nitrogens with zero attached hydrogens (tertiary/aromatic N) is 3. The number of anilines is 1. The Hall–Kier alpha value is -4.40. The van der Waals surface area contributed by atoms with Crippen molar-refractivity contribution in [1.29, 1.82) is 0 Å². The number of carboxylic acid groups (broad SMARTS) is 1. The number of hydrogen-bond donors (Lipinski definition) is 4. The number of rotatable bonds is 10. The number of benzene rings is 2. The number of carbonyl (C=O) groups is 2. The summed E-state index contributed by atoms with van der Waals surface area (Å²) >= 11 is 0. The molecule has 0 radical (unpaired) electrons. The fourth-order valence-electron chi connectivity index (χ4n) is 5.48. The molecule has 2 aromatic carbocycles. The van der Waals surface area contributed by atoms with Gasteiger partial charge < -0.3 is 21.1 Å². The number of aromatic nitrogens is 3. The van der Waals surface area contributed by atoms with Gasteiger partial charge in [-0.2, -0.15) is 9.61 Å². The topological polar surface area (TPSA) is 121 Å². The van der Waals surface area contributed by atoms with E-state index in [0.717, 1.165) is 66.0 Å². The van der Waals surface area contributed by atoms with Gasteiger partial charge >= 0.3 is 6.09 Å². The van der Waals surface area contributed by atoms with E-state index >= 15 is 0 Å². The molecule has 1 aliphatic rings. The van der Waals surface area contributed by atoms with Crippen LogP contribution in [0.4, 0.5) is 10.6 Å². The molecule has 0 saturated heterocycles. The maximum Gasteiger partial charge on any atom is 0.404 e. The Bertz CT molecular complexity index is 1460. The number of nitrogens with one attached hydrogen (secondary N) is 3. The lowest BCUT2D eigenvalue weighted by atomic mass is 9.99.